The van der Waals surface area contributed by atoms with Crippen LogP contribution < -0.4 is 26.0 Å². The highest BCUT2D eigenvalue weighted by Crippen LogP contribution is 2.35. The second-order valence-corrected chi connectivity index (χ2v) is 15.8. The number of carbonyl (C=O) groups is 2. The third kappa shape index (κ3) is 9.15. The fourth-order valence-electron chi connectivity index (χ4n) is 6.37. The minimum Gasteiger partial charge on any atom is -0.494 e. The van der Waals surface area contributed by atoms with E-state index in [0.29, 0.717) is 48.8 Å². The maximum absolute atomic E-state index is 13.0. The third-order valence-corrected chi connectivity index (χ3v) is 11.8. The number of piperidine rings is 1. The number of para-hydroxylation sites is 1. The Bertz CT molecular complexity index is 1760. The van der Waals surface area contributed by atoms with Crippen molar-refractivity contribution in [3.05, 3.63) is 53.7 Å². The van der Waals surface area contributed by atoms with Gasteiger partial charge in [-0.05, 0) is 63.8 Å². The maximum Gasteiger partial charge on any atom is 0.229 e. The number of ether oxygens (including phenoxy) is 1. The van der Waals surface area contributed by atoms with E-state index in [1.807, 2.05) is 23.1 Å². The molecule has 0 atom stereocenters. The zero-order valence-electron chi connectivity index (χ0n) is 28.9. The summed E-state index contributed by atoms with van der Waals surface area (Å²) in [7, 11) is -1.94. The van der Waals surface area contributed by atoms with Crippen LogP contribution in [-0.2, 0) is 19.4 Å². The summed E-state index contributed by atoms with van der Waals surface area (Å²) in [5.41, 5.74) is 7.30. The van der Waals surface area contributed by atoms with Crippen LogP contribution in [0.25, 0.3) is 0 Å². The first-order chi connectivity index (χ1) is 24.0. The summed E-state index contributed by atoms with van der Waals surface area (Å²) < 4.78 is 31.7. The van der Waals surface area contributed by atoms with Crippen LogP contribution in [0.5, 0.6) is 5.75 Å². The van der Waals surface area contributed by atoms with E-state index in [9.17, 15) is 18.0 Å². The van der Waals surface area contributed by atoms with Crippen molar-refractivity contribution in [3.8, 4) is 5.75 Å². The SMILES string of the molecule is COc1cc(N2CCC(N3CCN(C(=O)CCCCC(N)=O)CC3)CC2)ccc1Nc1ncc(Cl)c(Nc2ccccc2S(=O)(=O)C(C)C)n1. The van der Waals surface area contributed by atoms with E-state index in [4.69, 9.17) is 22.1 Å². The monoisotopic (exact) mass is 726 g/mol. The van der Waals surface area contributed by atoms with Gasteiger partial charge in [0.1, 0.15) is 10.8 Å². The van der Waals surface area contributed by atoms with E-state index in [0.717, 1.165) is 57.8 Å². The lowest BCUT2D eigenvalue weighted by Gasteiger charge is -2.43. The molecule has 270 valence electrons. The zero-order valence-corrected chi connectivity index (χ0v) is 30.5. The minimum absolute atomic E-state index is 0.163. The Morgan fingerprint density at radius 1 is 0.980 bits per heavy atom. The number of anilines is 5. The summed E-state index contributed by atoms with van der Waals surface area (Å²) in [6.07, 6.45) is 5.66. The molecule has 0 unspecified atom stereocenters. The number of nitrogens with one attached hydrogen (secondary N) is 2. The van der Waals surface area contributed by atoms with Gasteiger partial charge in [0.2, 0.25) is 17.8 Å². The number of nitrogens with zero attached hydrogens (tertiary/aromatic N) is 5. The number of carbonyl (C=O) groups excluding carboxylic acids is 2. The highest BCUT2D eigenvalue weighted by molar-refractivity contribution is 7.92. The van der Waals surface area contributed by atoms with Gasteiger partial charge in [-0.15, -0.1) is 0 Å². The molecule has 4 N–H and O–H groups in total. The summed E-state index contributed by atoms with van der Waals surface area (Å²) in [5, 5.41) is 5.94. The van der Waals surface area contributed by atoms with Crippen LogP contribution in [0.15, 0.2) is 53.6 Å². The van der Waals surface area contributed by atoms with Crippen LogP contribution in [-0.4, -0.2) is 97.7 Å². The van der Waals surface area contributed by atoms with Crippen LogP contribution in [0, 0.1) is 0 Å². The largest absolute Gasteiger partial charge is 0.494 e. The summed E-state index contributed by atoms with van der Waals surface area (Å²) in [6, 6.07) is 13.1. The number of hydrogen-bond acceptors (Lipinski definition) is 11. The number of piperazine rings is 1. The number of nitrogens with two attached hydrogens (primary N) is 1. The van der Waals surface area contributed by atoms with Gasteiger partial charge in [0, 0.05) is 69.9 Å². The summed E-state index contributed by atoms with van der Waals surface area (Å²) in [5.74, 6) is 0.996. The smallest absolute Gasteiger partial charge is 0.229 e. The van der Waals surface area contributed by atoms with Crippen molar-refractivity contribution in [3.63, 3.8) is 0 Å². The predicted octanol–water partition coefficient (Wildman–Crippen LogP) is 4.97. The molecular formula is C35H47ClN8O5S. The van der Waals surface area contributed by atoms with E-state index in [2.05, 4.69) is 30.4 Å². The van der Waals surface area contributed by atoms with Gasteiger partial charge in [0.05, 0.1) is 34.8 Å². The number of benzene rings is 2. The Morgan fingerprint density at radius 3 is 2.36 bits per heavy atom. The lowest BCUT2D eigenvalue weighted by atomic mass is 10.0. The number of primary amides is 1. The van der Waals surface area contributed by atoms with E-state index < -0.39 is 15.1 Å². The third-order valence-electron chi connectivity index (χ3n) is 9.32. The van der Waals surface area contributed by atoms with Gasteiger partial charge < -0.3 is 30.9 Å². The minimum atomic E-state index is -3.55. The van der Waals surface area contributed by atoms with E-state index in [1.54, 1.807) is 45.2 Å². The summed E-state index contributed by atoms with van der Waals surface area (Å²) in [6.45, 7) is 8.32. The normalized spacial score (nSPS) is 16.0. The first kappa shape index (κ1) is 37.1. The Labute approximate surface area is 299 Å². The van der Waals surface area contributed by atoms with Gasteiger partial charge in [-0.1, -0.05) is 23.7 Å². The second-order valence-electron chi connectivity index (χ2n) is 12.9. The molecule has 2 saturated heterocycles. The number of aromatic nitrogens is 2. The zero-order chi connectivity index (χ0) is 35.8. The molecule has 3 aromatic rings. The van der Waals surface area contributed by atoms with Crippen molar-refractivity contribution < 1.29 is 22.7 Å². The lowest BCUT2D eigenvalue weighted by Crippen LogP contribution is -2.54. The molecule has 0 bridgehead atoms. The number of methoxy groups -OCH3 is 1. The fraction of sp³-hybridized carbons (Fsp3) is 0.486. The van der Waals surface area contributed by atoms with Gasteiger partial charge >= 0.3 is 0 Å². The molecule has 0 aliphatic carbocycles. The van der Waals surface area contributed by atoms with Crippen LogP contribution in [0.3, 0.4) is 0 Å². The Hall–Kier alpha value is -4.14. The van der Waals surface area contributed by atoms with Gasteiger partial charge in [-0.2, -0.15) is 4.98 Å². The van der Waals surface area contributed by atoms with Gasteiger partial charge in [-0.25, -0.2) is 13.4 Å². The molecule has 2 fully saturated rings. The molecular weight excluding hydrogens is 680 g/mol. The molecule has 15 heteroatoms. The molecule has 2 aliphatic heterocycles. The standard InChI is InChI=1S/C35H47ClN8O5S/c1-24(2)50(47,48)31-9-5-4-8-29(31)39-34-27(36)23-38-35(41-34)40-28-13-12-26(22-30(28)49-3)42-16-14-25(15-17-42)43-18-20-44(21-19-43)33(46)11-7-6-10-32(37)45/h4-5,8-9,12-13,22-25H,6-7,10-11,14-21H2,1-3H3,(H2,37,45)(H2,38,39,40,41). The van der Waals surface area contributed by atoms with Crippen molar-refractivity contribution in [1.29, 1.82) is 0 Å². The van der Waals surface area contributed by atoms with Crippen molar-refractivity contribution in [2.45, 2.75) is 68.6 Å². The van der Waals surface area contributed by atoms with Crippen molar-refractivity contribution in [2.75, 3.05) is 61.9 Å². The highest BCUT2D eigenvalue weighted by Gasteiger charge is 2.29. The van der Waals surface area contributed by atoms with Gasteiger partial charge in [-0.3, -0.25) is 14.5 Å². The molecule has 0 spiro atoms. The van der Waals surface area contributed by atoms with Crippen molar-refractivity contribution in [2.24, 2.45) is 5.73 Å². The molecule has 2 aromatic carbocycles. The van der Waals surface area contributed by atoms with Crippen LogP contribution in [0.1, 0.15) is 52.4 Å². The van der Waals surface area contributed by atoms with E-state index in [-0.39, 0.29) is 33.5 Å². The van der Waals surface area contributed by atoms with Crippen LogP contribution >= 0.6 is 11.6 Å². The van der Waals surface area contributed by atoms with Gasteiger partial charge in [0.25, 0.3) is 0 Å². The number of hydrogen-bond donors (Lipinski definition) is 3. The average Bonchev–Trinajstić information content (AvgIpc) is 3.11. The quantitative estimate of drug-likeness (QED) is 0.192. The number of halogens is 1. The Morgan fingerprint density at radius 2 is 1.68 bits per heavy atom. The van der Waals surface area contributed by atoms with Crippen LogP contribution in [0.2, 0.25) is 5.02 Å². The molecule has 50 heavy (non-hydrogen) atoms. The predicted molar refractivity (Wildman–Crippen MR) is 196 cm³/mol. The number of amides is 2. The van der Waals surface area contributed by atoms with E-state index >= 15 is 0 Å². The first-order valence-electron chi connectivity index (χ1n) is 17.1. The molecule has 3 heterocycles. The number of rotatable bonds is 14. The van der Waals surface area contributed by atoms with Crippen LogP contribution in [0.4, 0.5) is 28.8 Å². The summed E-state index contributed by atoms with van der Waals surface area (Å²) in [4.78, 5) is 39.4. The maximum atomic E-state index is 13.0. The van der Waals surface area contributed by atoms with Crippen molar-refractivity contribution >= 4 is 62.1 Å². The molecule has 13 nitrogen and oxygen atoms in total. The highest BCUT2D eigenvalue weighted by atomic mass is 35.5. The number of sulfone groups is 1. The van der Waals surface area contributed by atoms with Gasteiger partial charge in [0.15, 0.2) is 15.7 Å². The fourth-order valence-corrected chi connectivity index (χ4v) is 7.71. The number of unbranched alkanes of at least 4 members (excludes halogenated alkanes) is 1. The molecule has 0 saturated carbocycles. The lowest BCUT2D eigenvalue weighted by molar-refractivity contribution is -0.133. The molecule has 5 rings (SSSR count). The summed E-state index contributed by atoms with van der Waals surface area (Å²) >= 11 is 6.43. The second kappa shape index (κ2) is 16.7. The first-order valence-corrected chi connectivity index (χ1v) is 19.0. The topological polar surface area (TPSA) is 163 Å². The Balaban J connectivity index is 1.16. The molecule has 1 aromatic heterocycles. The van der Waals surface area contributed by atoms with Crippen molar-refractivity contribution in [1.82, 2.24) is 19.8 Å². The average molecular weight is 727 g/mol. The molecule has 2 amide bonds. The van der Waals surface area contributed by atoms with E-state index in [1.165, 1.54) is 6.20 Å². The molecule has 2 aliphatic rings. The molecule has 0 radical (unpaired) electrons. The Kier molecular flexibility index (Phi) is 12.4.